The zero-order valence-electron chi connectivity index (χ0n) is 17.4. The quantitative estimate of drug-likeness (QED) is 0.644. The highest BCUT2D eigenvalue weighted by atomic mass is 32.2. The Labute approximate surface area is 178 Å². The molecule has 0 bridgehead atoms. The highest BCUT2D eigenvalue weighted by Crippen LogP contribution is 2.31. The van der Waals surface area contributed by atoms with Crippen LogP contribution in [0.4, 0.5) is 5.69 Å². The maximum Gasteiger partial charge on any atom is 0.242 e. The van der Waals surface area contributed by atoms with Crippen LogP contribution in [-0.4, -0.2) is 45.0 Å². The third-order valence-corrected chi connectivity index (χ3v) is 7.97. The zero-order chi connectivity index (χ0) is 21.2. The molecule has 0 saturated carbocycles. The molecule has 156 valence electrons. The van der Waals surface area contributed by atoms with Gasteiger partial charge in [-0.3, -0.25) is 4.79 Å². The lowest BCUT2D eigenvalue weighted by molar-refractivity contribution is -0.116. The van der Waals surface area contributed by atoms with Crippen LogP contribution in [0.3, 0.4) is 0 Å². The Morgan fingerprint density at radius 1 is 1.14 bits per heavy atom. The molecule has 0 saturated heterocycles. The van der Waals surface area contributed by atoms with E-state index in [-0.39, 0.29) is 10.8 Å². The van der Waals surface area contributed by atoms with Crippen LogP contribution < -0.4 is 4.90 Å². The number of hydrogen-bond donors (Lipinski definition) is 0. The summed E-state index contributed by atoms with van der Waals surface area (Å²) in [6, 6.07) is 13.4. The number of fused-ring (bicyclic) bond motifs is 1. The fourth-order valence-electron chi connectivity index (χ4n) is 3.38. The maximum absolute atomic E-state index is 12.9. The van der Waals surface area contributed by atoms with E-state index in [9.17, 15) is 13.2 Å². The Morgan fingerprint density at radius 2 is 1.83 bits per heavy atom. The first-order valence-corrected chi connectivity index (χ1v) is 12.2. The first-order valence-electron chi connectivity index (χ1n) is 9.78. The standard InChI is InChI=1S/C22H28N2O3S2/c1-16(2)17-7-9-19(10-8-17)28-15-22(25)24-13-5-6-18-14-20(11-12-21(18)24)29(26,27)23(3)4/h7-12,14,16H,5-6,13,15H2,1-4H3. The van der Waals surface area contributed by atoms with Crippen LogP contribution in [0.15, 0.2) is 52.3 Å². The average Bonchev–Trinajstić information content (AvgIpc) is 2.71. The van der Waals surface area contributed by atoms with Crippen molar-refractivity contribution in [1.82, 2.24) is 4.31 Å². The van der Waals surface area contributed by atoms with Crippen LogP contribution in [0, 0.1) is 0 Å². The summed E-state index contributed by atoms with van der Waals surface area (Å²) in [5.74, 6) is 0.895. The van der Waals surface area contributed by atoms with Gasteiger partial charge >= 0.3 is 0 Å². The van der Waals surface area contributed by atoms with Crippen molar-refractivity contribution in [1.29, 1.82) is 0 Å². The third kappa shape index (κ3) is 4.85. The molecule has 2 aromatic carbocycles. The second kappa shape index (κ2) is 8.90. The van der Waals surface area contributed by atoms with Gasteiger partial charge in [0.1, 0.15) is 0 Å². The average molecular weight is 433 g/mol. The largest absolute Gasteiger partial charge is 0.311 e. The monoisotopic (exact) mass is 432 g/mol. The maximum atomic E-state index is 12.9. The summed E-state index contributed by atoms with van der Waals surface area (Å²) in [7, 11) is -0.432. The van der Waals surface area contributed by atoms with Gasteiger partial charge in [0.15, 0.2) is 0 Å². The normalized spacial score (nSPS) is 14.3. The first kappa shape index (κ1) is 21.9. The van der Waals surface area contributed by atoms with Gasteiger partial charge in [-0.05, 0) is 60.2 Å². The van der Waals surface area contributed by atoms with Gasteiger partial charge < -0.3 is 4.90 Å². The van der Waals surface area contributed by atoms with Crippen molar-refractivity contribution >= 4 is 33.4 Å². The topological polar surface area (TPSA) is 57.7 Å². The van der Waals surface area contributed by atoms with Gasteiger partial charge in [-0.1, -0.05) is 26.0 Å². The summed E-state index contributed by atoms with van der Waals surface area (Å²) in [4.78, 5) is 16.0. The summed E-state index contributed by atoms with van der Waals surface area (Å²) < 4.78 is 26.0. The molecule has 1 amide bonds. The minimum atomic E-state index is -3.48. The van der Waals surface area contributed by atoms with Gasteiger partial charge in [0.05, 0.1) is 10.6 Å². The molecular formula is C22H28N2O3S2. The fourth-order valence-corrected chi connectivity index (χ4v) is 5.10. The summed E-state index contributed by atoms with van der Waals surface area (Å²) in [5.41, 5.74) is 3.03. The van der Waals surface area contributed by atoms with Crippen molar-refractivity contribution < 1.29 is 13.2 Å². The summed E-state index contributed by atoms with van der Waals surface area (Å²) in [6.45, 7) is 4.99. The van der Waals surface area contributed by atoms with Gasteiger partial charge in [-0.2, -0.15) is 0 Å². The van der Waals surface area contributed by atoms with Crippen molar-refractivity contribution in [3.63, 3.8) is 0 Å². The summed E-state index contributed by atoms with van der Waals surface area (Å²) in [6.07, 6.45) is 1.61. The summed E-state index contributed by atoms with van der Waals surface area (Å²) in [5, 5.41) is 0. The van der Waals surface area contributed by atoms with Crippen molar-refractivity contribution in [3.05, 3.63) is 53.6 Å². The Morgan fingerprint density at radius 3 is 2.45 bits per heavy atom. The molecule has 29 heavy (non-hydrogen) atoms. The molecule has 0 unspecified atom stereocenters. The van der Waals surface area contributed by atoms with E-state index >= 15 is 0 Å². The molecule has 1 aliphatic rings. The van der Waals surface area contributed by atoms with Crippen LogP contribution >= 0.6 is 11.8 Å². The van der Waals surface area contributed by atoms with E-state index in [2.05, 4.69) is 38.1 Å². The van der Waals surface area contributed by atoms with Gasteiger partial charge in [0.25, 0.3) is 0 Å². The lowest BCUT2D eigenvalue weighted by Crippen LogP contribution is -2.36. The first-order chi connectivity index (χ1) is 13.7. The molecule has 1 aliphatic heterocycles. The Balaban J connectivity index is 1.73. The molecule has 0 fully saturated rings. The zero-order valence-corrected chi connectivity index (χ0v) is 19.0. The van der Waals surface area contributed by atoms with E-state index < -0.39 is 10.0 Å². The van der Waals surface area contributed by atoms with E-state index in [0.29, 0.717) is 18.2 Å². The van der Waals surface area contributed by atoms with E-state index in [1.807, 2.05) is 0 Å². The smallest absolute Gasteiger partial charge is 0.242 e. The fraction of sp³-hybridized carbons (Fsp3) is 0.409. The number of carbonyl (C=O) groups is 1. The number of rotatable bonds is 6. The van der Waals surface area contributed by atoms with Gasteiger partial charge in [0, 0.05) is 31.2 Å². The van der Waals surface area contributed by atoms with E-state index in [1.165, 1.54) is 35.7 Å². The molecule has 0 spiro atoms. The highest BCUT2D eigenvalue weighted by molar-refractivity contribution is 8.00. The second-order valence-electron chi connectivity index (χ2n) is 7.74. The SMILES string of the molecule is CC(C)c1ccc(SCC(=O)N2CCCc3cc(S(=O)(=O)N(C)C)ccc32)cc1. The lowest BCUT2D eigenvalue weighted by Gasteiger charge is -2.30. The molecule has 3 rings (SSSR count). The highest BCUT2D eigenvalue weighted by Gasteiger charge is 2.25. The van der Waals surface area contributed by atoms with Crippen LogP contribution in [0.1, 0.15) is 37.3 Å². The number of hydrogen-bond acceptors (Lipinski definition) is 4. The molecule has 0 N–H and O–H groups in total. The molecular weight excluding hydrogens is 404 g/mol. The number of sulfonamides is 1. The van der Waals surface area contributed by atoms with E-state index in [0.717, 1.165) is 29.0 Å². The molecule has 0 aliphatic carbocycles. The molecule has 0 radical (unpaired) electrons. The molecule has 0 aromatic heterocycles. The second-order valence-corrected chi connectivity index (χ2v) is 10.9. The number of amides is 1. The van der Waals surface area contributed by atoms with Gasteiger partial charge in [0.2, 0.25) is 15.9 Å². The van der Waals surface area contributed by atoms with Gasteiger partial charge in [-0.25, -0.2) is 12.7 Å². The molecule has 7 heteroatoms. The van der Waals surface area contributed by atoms with E-state index in [1.54, 1.807) is 23.1 Å². The molecule has 0 atom stereocenters. The molecule has 2 aromatic rings. The molecule has 5 nitrogen and oxygen atoms in total. The summed E-state index contributed by atoms with van der Waals surface area (Å²) >= 11 is 1.53. The van der Waals surface area contributed by atoms with Crippen LogP contribution in [0.2, 0.25) is 0 Å². The van der Waals surface area contributed by atoms with Crippen molar-refractivity contribution in [2.45, 2.75) is 42.4 Å². The number of benzene rings is 2. The van der Waals surface area contributed by atoms with Crippen LogP contribution in [0.25, 0.3) is 0 Å². The number of thioether (sulfide) groups is 1. The predicted molar refractivity (Wildman–Crippen MR) is 119 cm³/mol. The van der Waals surface area contributed by atoms with Crippen LogP contribution in [0.5, 0.6) is 0 Å². The minimum Gasteiger partial charge on any atom is -0.311 e. The number of nitrogens with zero attached hydrogens (tertiary/aromatic N) is 2. The Kier molecular flexibility index (Phi) is 6.71. The Hall–Kier alpha value is -1.83. The number of aryl methyl sites for hydroxylation is 1. The van der Waals surface area contributed by atoms with Crippen molar-refractivity contribution in [2.75, 3.05) is 31.3 Å². The minimum absolute atomic E-state index is 0.0482. The van der Waals surface area contributed by atoms with Crippen molar-refractivity contribution in [3.8, 4) is 0 Å². The predicted octanol–water partition coefficient (Wildman–Crippen LogP) is 4.13. The number of carbonyl (C=O) groups excluding carboxylic acids is 1. The van der Waals surface area contributed by atoms with Crippen molar-refractivity contribution in [2.24, 2.45) is 0 Å². The Bertz CT molecular complexity index is 984. The number of anilines is 1. The molecule has 1 heterocycles. The van der Waals surface area contributed by atoms with E-state index in [4.69, 9.17) is 0 Å². The third-order valence-electron chi connectivity index (χ3n) is 5.16. The van der Waals surface area contributed by atoms with Crippen LogP contribution in [-0.2, 0) is 21.2 Å². The lowest BCUT2D eigenvalue weighted by atomic mass is 10.0. The van der Waals surface area contributed by atoms with Gasteiger partial charge in [-0.15, -0.1) is 11.8 Å².